The fourth-order valence-corrected chi connectivity index (χ4v) is 2.62. The van der Waals surface area contributed by atoms with Crippen LogP contribution in [0, 0.1) is 11.3 Å². The van der Waals surface area contributed by atoms with Crippen LogP contribution in [0.15, 0.2) is 24.5 Å². The zero-order valence-electron chi connectivity index (χ0n) is 11.7. The predicted octanol–water partition coefficient (Wildman–Crippen LogP) is 3.16. The Labute approximate surface area is 109 Å². The first-order valence-electron chi connectivity index (χ1n) is 6.36. The van der Waals surface area contributed by atoms with E-state index in [1.807, 2.05) is 39.1 Å². The first-order valence-corrected chi connectivity index (χ1v) is 6.36. The van der Waals surface area contributed by atoms with E-state index in [1.54, 1.807) is 6.20 Å². The highest BCUT2D eigenvalue weighted by Crippen LogP contribution is 2.64. The molecule has 18 heavy (non-hydrogen) atoms. The second-order valence-electron chi connectivity index (χ2n) is 6.60. The van der Waals surface area contributed by atoms with Gasteiger partial charge in [0.05, 0.1) is 5.92 Å². The number of rotatable bonds is 2. The van der Waals surface area contributed by atoms with E-state index in [4.69, 9.17) is 4.74 Å². The SMILES string of the molecule is CC(C)(C)OC(=O)C1C(c2cccnc2)C1(C)C. The lowest BCUT2D eigenvalue weighted by Gasteiger charge is -2.20. The molecule has 1 heterocycles. The van der Waals surface area contributed by atoms with Gasteiger partial charge in [-0.2, -0.15) is 0 Å². The fraction of sp³-hybridized carbons (Fsp3) is 0.600. The second-order valence-corrected chi connectivity index (χ2v) is 6.60. The van der Waals surface area contributed by atoms with Crippen molar-refractivity contribution in [2.24, 2.45) is 11.3 Å². The van der Waals surface area contributed by atoms with Gasteiger partial charge < -0.3 is 4.74 Å². The van der Waals surface area contributed by atoms with Crippen LogP contribution >= 0.6 is 0 Å². The smallest absolute Gasteiger partial charge is 0.310 e. The Kier molecular flexibility index (Phi) is 2.96. The van der Waals surface area contributed by atoms with Crippen molar-refractivity contribution in [3.05, 3.63) is 30.1 Å². The lowest BCUT2D eigenvalue weighted by atomic mass is 10.1. The normalized spacial score (nSPS) is 25.6. The average Bonchev–Trinajstić information content (AvgIpc) is 2.80. The van der Waals surface area contributed by atoms with Crippen LogP contribution < -0.4 is 0 Å². The van der Waals surface area contributed by atoms with E-state index in [0.29, 0.717) is 0 Å². The van der Waals surface area contributed by atoms with E-state index in [9.17, 15) is 4.79 Å². The van der Waals surface area contributed by atoms with Gasteiger partial charge in [0.25, 0.3) is 0 Å². The number of ether oxygens (including phenoxy) is 1. The molecule has 0 aliphatic heterocycles. The molecule has 0 amide bonds. The summed E-state index contributed by atoms with van der Waals surface area (Å²) in [6, 6.07) is 3.94. The maximum atomic E-state index is 12.2. The van der Waals surface area contributed by atoms with Crippen LogP contribution in [0.1, 0.15) is 46.1 Å². The van der Waals surface area contributed by atoms with Crippen molar-refractivity contribution in [1.82, 2.24) is 4.98 Å². The lowest BCUT2D eigenvalue weighted by Crippen LogP contribution is -2.26. The highest BCUT2D eigenvalue weighted by atomic mass is 16.6. The van der Waals surface area contributed by atoms with Gasteiger partial charge in [0, 0.05) is 18.3 Å². The molecule has 0 aromatic carbocycles. The zero-order chi connectivity index (χ0) is 13.6. The van der Waals surface area contributed by atoms with Crippen molar-refractivity contribution >= 4 is 5.97 Å². The Balaban J connectivity index is 2.15. The largest absolute Gasteiger partial charge is 0.460 e. The molecule has 0 bridgehead atoms. The monoisotopic (exact) mass is 247 g/mol. The molecule has 1 aliphatic rings. The second kappa shape index (κ2) is 4.08. The maximum absolute atomic E-state index is 12.2. The molecule has 1 saturated carbocycles. The molecule has 3 heteroatoms. The number of hydrogen-bond donors (Lipinski definition) is 0. The van der Waals surface area contributed by atoms with E-state index >= 15 is 0 Å². The highest BCUT2D eigenvalue weighted by molar-refractivity contribution is 5.79. The molecule has 1 fully saturated rings. The molecular formula is C15H21NO2. The van der Waals surface area contributed by atoms with Crippen molar-refractivity contribution < 1.29 is 9.53 Å². The summed E-state index contributed by atoms with van der Waals surface area (Å²) in [4.78, 5) is 16.3. The summed E-state index contributed by atoms with van der Waals surface area (Å²) >= 11 is 0. The Bertz CT molecular complexity index is 445. The zero-order valence-corrected chi connectivity index (χ0v) is 11.7. The van der Waals surface area contributed by atoms with Crippen LogP contribution in [0.4, 0.5) is 0 Å². The predicted molar refractivity (Wildman–Crippen MR) is 70.1 cm³/mol. The number of nitrogens with zero attached hydrogens (tertiary/aromatic N) is 1. The highest BCUT2D eigenvalue weighted by Gasteiger charge is 2.63. The lowest BCUT2D eigenvalue weighted by molar-refractivity contribution is -0.157. The number of carbonyl (C=O) groups excluding carboxylic acids is 1. The van der Waals surface area contributed by atoms with E-state index in [-0.39, 0.29) is 23.2 Å². The minimum atomic E-state index is -0.421. The summed E-state index contributed by atoms with van der Waals surface area (Å²) in [6.45, 7) is 9.93. The molecule has 1 aliphatic carbocycles. The third-order valence-electron chi connectivity index (χ3n) is 3.53. The van der Waals surface area contributed by atoms with Crippen molar-refractivity contribution in [2.75, 3.05) is 0 Å². The molecule has 0 N–H and O–H groups in total. The maximum Gasteiger partial charge on any atom is 0.310 e. The Morgan fingerprint density at radius 1 is 1.39 bits per heavy atom. The fourth-order valence-electron chi connectivity index (χ4n) is 2.62. The molecule has 2 unspecified atom stereocenters. The topological polar surface area (TPSA) is 39.2 Å². The number of esters is 1. The first-order chi connectivity index (χ1) is 8.23. The van der Waals surface area contributed by atoms with Crippen LogP contribution in [0.3, 0.4) is 0 Å². The molecule has 98 valence electrons. The van der Waals surface area contributed by atoms with Gasteiger partial charge in [-0.3, -0.25) is 9.78 Å². The van der Waals surface area contributed by atoms with Crippen LogP contribution in [-0.4, -0.2) is 16.6 Å². The molecule has 1 aromatic rings. The van der Waals surface area contributed by atoms with E-state index in [2.05, 4.69) is 18.8 Å². The van der Waals surface area contributed by atoms with Crippen LogP contribution in [-0.2, 0) is 9.53 Å². The Morgan fingerprint density at radius 3 is 2.56 bits per heavy atom. The summed E-state index contributed by atoms with van der Waals surface area (Å²) in [7, 11) is 0. The minimum Gasteiger partial charge on any atom is -0.460 e. The van der Waals surface area contributed by atoms with Crippen molar-refractivity contribution in [2.45, 2.75) is 46.1 Å². The summed E-state index contributed by atoms with van der Waals surface area (Å²) in [5.41, 5.74) is 0.666. The van der Waals surface area contributed by atoms with Crippen molar-refractivity contribution in [1.29, 1.82) is 0 Å². The Hall–Kier alpha value is -1.38. The van der Waals surface area contributed by atoms with Gasteiger partial charge in [-0.05, 0) is 37.8 Å². The average molecular weight is 247 g/mol. The summed E-state index contributed by atoms with van der Waals surface area (Å²) in [5, 5.41) is 0. The van der Waals surface area contributed by atoms with Gasteiger partial charge in [0.15, 0.2) is 0 Å². The van der Waals surface area contributed by atoms with Crippen LogP contribution in [0.25, 0.3) is 0 Å². The summed E-state index contributed by atoms with van der Waals surface area (Å²) < 4.78 is 5.49. The molecule has 0 spiro atoms. The van der Waals surface area contributed by atoms with Crippen LogP contribution in [0.2, 0.25) is 0 Å². The standard InChI is InChI=1S/C15H21NO2/c1-14(2,3)18-13(17)12-11(15(12,4)5)10-7-6-8-16-9-10/h6-9,11-12H,1-5H3. The van der Waals surface area contributed by atoms with Crippen LogP contribution in [0.5, 0.6) is 0 Å². The molecule has 0 radical (unpaired) electrons. The van der Waals surface area contributed by atoms with Gasteiger partial charge in [-0.1, -0.05) is 19.9 Å². The molecule has 3 nitrogen and oxygen atoms in total. The first kappa shape index (κ1) is 13.1. The quantitative estimate of drug-likeness (QED) is 0.753. The van der Waals surface area contributed by atoms with Gasteiger partial charge >= 0.3 is 5.97 Å². The minimum absolute atomic E-state index is 0.0363. The number of hydrogen-bond acceptors (Lipinski definition) is 3. The Morgan fingerprint density at radius 2 is 2.06 bits per heavy atom. The number of aromatic nitrogens is 1. The molecule has 1 aromatic heterocycles. The van der Waals surface area contributed by atoms with E-state index < -0.39 is 5.60 Å². The summed E-state index contributed by atoms with van der Waals surface area (Å²) in [5.74, 6) is 0.0725. The van der Waals surface area contributed by atoms with Gasteiger partial charge in [-0.15, -0.1) is 0 Å². The van der Waals surface area contributed by atoms with E-state index in [1.165, 1.54) is 0 Å². The summed E-state index contributed by atoms with van der Waals surface area (Å²) in [6.07, 6.45) is 3.60. The van der Waals surface area contributed by atoms with Gasteiger partial charge in [0.2, 0.25) is 0 Å². The third kappa shape index (κ3) is 2.40. The third-order valence-corrected chi connectivity index (χ3v) is 3.53. The molecule has 0 saturated heterocycles. The molecule has 2 atom stereocenters. The van der Waals surface area contributed by atoms with E-state index in [0.717, 1.165) is 5.56 Å². The van der Waals surface area contributed by atoms with Gasteiger partial charge in [0.1, 0.15) is 5.60 Å². The molecular weight excluding hydrogens is 226 g/mol. The van der Waals surface area contributed by atoms with Crippen molar-refractivity contribution in [3.8, 4) is 0 Å². The van der Waals surface area contributed by atoms with Gasteiger partial charge in [-0.25, -0.2) is 0 Å². The number of carbonyl (C=O) groups is 1. The van der Waals surface area contributed by atoms with Crippen molar-refractivity contribution in [3.63, 3.8) is 0 Å². The number of pyridine rings is 1. The molecule has 2 rings (SSSR count).